The summed E-state index contributed by atoms with van der Waals surface area (Å²) in [5.41, 5.74) is 1.24. The van der Waals surface area contributed by atoms with Gasteiger partial charge in [0.1, 0.15) is 5.82 Å². The Balaban J connectivity index is 2.02. The molecular weight excluding hydrogens is 296 g/mol. The number of thioether (sulfide) groups is 1. The van der Waals surface area contributed by atoms with E-state index in [9.17, 15) is 0 Å². The average Bonchev–Trinajstić information content (AvgIpc) is 2.35. The van der Waals surface area contributed by atoms with E-state index in [0.717, 1.165) is 15.5 Å². The van der Waals surface area contributed by atoms with Crippen LogP contribution in [0.25, 0.3) is 0 Å². The van der Waals surface area contributed by atoms with Crippen molar-refractivity contribution in [2.24, 2.45) is 0 Å². The summed E-state index contributed by atoms with van der Waals surface area (Å²) in [7, 11) is 0. The number of halogens is 1. The first kappa shape index (κ1) is 13.2. The summed E-state index contributed by atoms with van der Waals surface area (Å²) in [6.45, 7) is 2.10. The molecule has 4 heteroatoms. The number of aromatic nitrogens is 1. The highest BCUT2D eigenvalue weighted by atomic mass is 79.9. The van der Waals surface area contributed by atoms with Crippen LogP contribution < -0.4 is 5.32 Å². The number of pyridine rings is 1. The van der Waals surface area contributed by atoms with E-state index >= 15 is 0 Å². The molecular formula is C13H19BrN2S. The average molecular weight is 315 g/mol. The SMILES string of the molecule is CSC1CCCC(Nc2nccc(C)c2Br)C1. The van der Waals surface area contributed by atoms with Gasteiger partial charge in [-0.1, -0.05) is 6.42 Å². The van der Waals surface area contributed by atoms with Crippen LogP contribution in [0.2, 0.25) is 0 Å². The molecule has 2 rings (SSSR count). The standard InChI is InChI=1S/C13H19BrN2S/c1-9-6-7-15-13(12(9)14)16-10-4-3-5-11(8-10)17-2/h6-7,10-11H,3-5,8H2,1-2H3,(H,15,16). The van der Waals surface area contributed by atoms with Gasteiger partial charge in [-0.05, 0) is 60.0 Å². The lowest BCUT2D eigenvalue weighted by atomic mass is 9.95. The molecule has 1 heterocycles. The third-order valence-electron chi connectivity index (χ3n) is 3.38. The number of aryl methyl sites for hydroxylation is 1. The van der Waals surface area contributed by atoms with Gasteiger partial charge < -0.3 is 5.32 Å². The molecule has 0 amide bonds. The Hall–Kier alpha value is -0.220. The van der Waals surface area contributed by atoms with Crippen molar-refractivity contribution in [1.82, 2.24) is 4.98 Å². The number of nitrogens with zero attached hydrogens (tertiary/aromatic N) is 1. The van der Waals surface area contributed by atoms with Crippen LogP contribution in [0.15, 0.2) is 16.7 Å². The molecule has 0 aromatic carbocycles. The number of hydrogen-bond donors (Lipinski definition) is 1. The Labute approximate surface area is 116 Å². The highest BCUT2D eigenvalue weighted by Gasteiger charge is 2.22. The van der Waals surface area contributed by atoms with Crippen LogP contribution >= 0.6 is 27.7 Å². The van der Waals surface area contributed by atoms with Crippen LogP contribution in [0.4, 0.5) is 5.82 Å². The smallest absolute Gasteiger partial charge is 0.140 e. The fourth-order valence-corrected chi connectivity index (χ4v) is 3.50. The molecule has 2 nitrogen and oxygen atoms in total. The van der Waals surface area contributed by atoms with Gasteiger partial charge in [-0.15, -0.1) is 0 Å². The second kappa shape index (κ2) is 6.10. The lowest BCUT2D eigenvalue weighted by Crippen LogP contribution is -2.29. The molecule has 1 aromatic heterocycles. The van der Waals surface area contributed by atoms with Gasteiger partial charge in [-0.2, -0.15) is 11.8 Å². The Kier molecular flexibility index (Phi) is 4.74. The minimum Gasteiger partial charge on any atom is -0.366 e. The number of nitrogens with one attached hydrogen (secondary N) is 1. The maximum absolute atomic E-state index is 4.42. The van der Waals surface area contributed by atoms with Crippen molar-refractivity contribution in [3.63, 3.8) is 0 Å². The number of hydrogen-bond acceptors (Lipinski definition) is 3. The van der Waals surface area contributed by atoms with Crippen molar-refractivity contribution < 1.29 is 0 Å². The lowest BCUT2D eigenvalue weighted by molar-refractivity contribution is 0.472. The van der Waals surface area contributed by atoms with E-state index in [1.807, 2.05) is 24.0 Å². The normalized spacial score (nSPS) is 24.6. The summed E-state index contributed by atoms with van der Waals surface area (Å²) in [6, 6.07) is 2.60. The molecule has 0 aliphatic heterocycles. The van der Waals surface area contributed by atoms with E-state index in [2.05, 4.69) is 39.4 Å². The highest BCUT2D eigenvalue weighted by molar-refractivity contribution is 9.10. The quantitative estimate of drug-likeness (QED) is 0.903. The Morgan fingerprint density at radius 3 is 3.06 bits per heavy atom. The summed E-state index contributed by atoms with van der Waals surface area (Å²) >= 11 is 5.60. The summed E-state index contributed by atoms with van der Waals surface area (Å²) in [6.07, 6.45) is 9.29. The molecule has 1 fully saturated rings. The molecule has 17 heavy (non-hydrogen) atoms. The first-order chi connectivity index (χ1) is 8.20. The third-order valence-corrected chi connectivity index (χ3v) is 5.48. The van der Waals surface area contributed by atoms with E-state index in [0.29, 0.717) is 6.04 Å². The van der Waals surface area contributed by atoms with Crippen LogP contribution in [0.5, 0.6) is 0 Å². The molecule has 2 unspecified atom stereocenters. The first-order valence-corrected chi connectivity index (χ1v) is 8.19. The fraction of sp³-hybridized carbons (Fsp3) is 0.615. The van der Waals surface area contributed by atoms with Crippen molar-refractivity contribution in [1.29, 1.82) is 0 Å². The van der Waals surface area contributed by atoms with Gasteiger partial charge >= 0.3 is 0 Å². The molecule has 0 radical (unpaired) electrons. The summed E-state index contributed by atoms with van der Waals surface area (Å²) in [5.74, 6) is 0.997. The molecule has 94 valence electrons. The number of rotatable bonds is 3. The summed E-state index contributed by atoms with van der Waals surface area (Å²) < 4.78 is 1.10. The lowest BCUT2D eigenvalue weighted by Gasteiger charge is -2.29. The van der Waals surface area contributed by atoms with Crippen molar-refractivity contribution in [3.05, 3.63) is 22.3 Å². The Bertz CT molecular complexity index is 384. The zero-order chi connectivity index (χ0) is 12.3. The fourth-order valence-electron chi connectivity index (χ4n) is 2.32. The van der Waals surface area contributed by atoms with Gasteiger partial charge in [0.15, 0.2) is 0 Å². The maximum atomic E-state index is 4.42. The Morgan fingerprint density at radius 2 is 2.29 bits per heavy atom. The van der Waals surface area contributed by atoms with Crippen molar-refractivity contribution in [2.45, 2.75) is 43.9 Å². The van der Waals surface area contributed by atoms with Gasteiger partial charge in [0.2, 0.25) is 0 Å². The predicted molar refractivity (Wildman–Crippen MR) is 79.9 cm³/mol. The maximum Gasteiger partial charge on any atom is 0.140 e. The first-order valence-electron chi connectivity index (χ1n) is 6.11. The summed E-state index contributed by atoms with van der Waals surface area (Å²) in [4.78, 5) is 4.42. The largest absolute Gasteiger partial charge is 0.366 e. The van der Waals surface area contributed by atoms with Crippen LogP contribution in [0.3, 0.4) is 0 Å². The van der Waals surface area contributed by atoms with E-state index in [-0.39, 0.29) is 0 Å². The highest BCUT2D eigenvalue weighted by Crippen LogP contribution is 2.30. The van der Waals surface area contributed by atoms with E-state index in [4.69, 9.17) is 0 Å². The molecule has 1 saturated carbocycles. The zero-order valence-corrected chi connectivity index (χ0v) is 12.8. The van der Waals surface area contributed by atoms with Gasteiger partial charge in [0, 0.05) is 17.5 Å². The molecule has 1 aromatic rings. The topological polar surface area (TPSA) is 24.9 Å². The van der Waals surface area contributed by atoms with Crippen molar-refractivity contribution in [2.75, 3.05) is 11.6 Å². The van der Waals surface area contributed by atoms with Crippen LogP contribution in [-0.4, -0.2) is 22.5 Å². The number of anilines is 1. The molecule has 0 saturated heterocycles. The third kappa shape index (κ3) is 3.38. The molecule has 1 aliphatic carbocycles. The molecule has 0 spiro atoms. The van der Waals surface area contributed by atoms with E-state index < -0.39 is 0 Å². The van der Waals surface area contributed by atoms with E-state index in [1.54, 1.807) is 0 Å². The van der Waals surface area contributed by atoms with E-state index in [1.165, 1.54) is 31.2 Å². The minimum absolute atomic E-state index is 0.576. The van der Waals surface area contributed by atoms with Gasteiger partial charge in [0.05, 0.1) is 4.47 Å². The van der Waals surface area contributed by atoms with Crippen LogP contribution in [0, 0.1) is 6.92 Å². The Morgan fingerprint density at radius 1 is 1.47 bits per heavy atom. The van der Waals surface area contributed by atoms with Gasteiger partial charge in [-0.25, -0.2) is 4.98 Å². The molecule has 1 aliphatic rings. The van der Waals surface area contributed by atoms with Crippen molar-refractivity contribution >= 4 is 33.5 Å². The van der Waals surface area contributed by atoms with Crippen LogP contribution in [0.1, 0.15) is 31.2 Å². The monoisotopic (exact) mass is 314 g/mol. The van der Waals surface area contributed by atoms with Crippen molar-refractivity contribution in [3.8, 4) is 0 Å². The zero-order valence-electron chi connectivity index (χ0n) is 10.4. The van der Waals surface area contributed by atoms with Gasteiger partial charge in [0.25, 0.3) is 0 Å². The molecule has 1 N–H and O–H groups in total. The van der Waals surface area contributed by atoms with Gasteiger partial charge in [-0.3, -0.25) is 0 Å². The van der Waals surface area contributed by atoms with Crippen LogP contribution in [-0.2, 0) is 0 Å². The predicted octanol–water partition coefficient (Wildman–Crippen LogP) is 4.24. The minimum atomic E-state index is 0.576. The summed E-state index contributed by atoms with van der Waals surface area (Å²) in [5, 5.41) is 4.39. The molecule has 2 atom stereocenters. The molecule has 0 bridgehead atoms. The second-order valence-electron chi connectivity index (χ2n) is 4.66. The second-order valence-corrected chi connectivity index (χ2v) is 6.59.